The molecular formula is C14H26O6. The standard InChI is InChI=1S/C14H26O6/c1-4-13(2)14(15)20-12-11-19-10-9-18-8-7-17-6-5-16-3/h4H,5-12H2,1-3H3. The van der Waals surface area contributed by atoms with E-state index in [4.69, 9.17) is 23.7 Å². The van der Waals surface area contributed by atoms with Crippen LogP contribution in [-0.2, 0) is 28.5 Å². The molecule has 0 aliphatic heterocycles. The van der Waals surface area contributed by atoms with Crippen molar-refractivity contribution in [1.82, 2.24) is 0 Å². The summed E-state index contributed by atoms with van der Waals surface area (Å²) in [7, 11) is 1.63. The van der Waals surface area contributed by atoms with Crippen LogP contribution in [0.15, 0.2) is 11.6 Å². The Kier molecular flexibility index (Phi) is 13.8. The third-order valence-corrected chi connectivity index (χ3v) is 2.39. The number of carbonyl (C=O) groups is 1. The van der Waals surface area contributed by atoms with E-state index in [-0.39, 0.29) is 12.6 Å². The van der Waals surface area contributed by atoms with Gasteiger partial charge in [-0.15, -0.1) is 0 Å². The zero-order valence-electron chi connectivity index (χ0n) is 12.7. The molecule has 6 nitrogen and oxygen atoms in total. The number of hydrogen-bond acceptors (Lipinski definition) is 6. The Bertz CT molecular complexity index is 264. The van der Waals surface area contributed by atoms with Gasteiger partial charge in [0, 0.05) is 12.7 Å². The Morgan fingerprint density at radius 1 is 0.850 bits per heavy atom. The van der Waals surface area contributed by atoms with E-state index < -0.39 is 0 Å². The van der Waals surface area contributed by atoms with E-state index in [0.717, 1.165) is 0 Å². The molecule has 118 valence electrons. The van der Waals surface area contributed by atoms with Crippen molar-refractivity contribution in [3.05, 3.63) is 11.6 Å². The van der Waals surface area contributed by atoms with Crippen LogP contribution in [0.2, 0.25) is 0 Å². The quantitative estimate of drug-likeness (QED) is 0.288. The smallest absolute Gasteiger partial charge is 0.333 e. The zero-order valence-corrected chi connectivity index (χ0v) is 12.7. The maximum Gasteiger partial charge on any atom is 0.333 e. The topological polar surface area (TPSA) is 63.2 Å². The normalized spacial score (nSPS) is 11.7. The van der Waals surface area contributed by atoms with Gasteiger partial charge in [-0.2, -0.15) is 0 Å². The monoisotopic (exact) mass is 290 g/mol. The number of ether oxygens (including phenoxy) is 5. The first-order chi connectivity index (χ1) is 9.72. The minimum Gasteiger partial charge on any atom is -0.460 e. The average molecular weight is 290 g/mol. The molecule has 0 radical (unpaired) electrons. The molecule has 0 N–H and O–H groups in total. The third-order valence-electron chi connectivity index (χ3n) is 2.39. The first-order valence-electron chi connectivity index (χ1n) is 6.74. The van der Waals surface area contributed by atoms with Gasteiger partial charge < -0.3 is 23.7 Å². The Morgan fingerprint density at radius 3 is 1.75 bits per heavy atom. The van der Waals surface area contributed by atoms with Crippen LogP contribution in [0.4, 0.5) is 0 Å². The Morgan fingerprint density at radius 2 is 1.30 bits per heavy atom. The van der Waals surface area contributed by atoms with Crippen LogP contribution in [0, 0.1) is 0 Å². The summed E-state index contributed by atoms with van der Waals surface area (Å²) >= 11 is 0. The van der Waals surface area contributed by atoms with Crippen LogP contribution in [0.5, 0.6) is 0 Å². The number of hydrogen-bond donors (Lipinski definition) is 0. The van der Waals surface area contributed by atoms with Crippen LogP contribution in [0.25, 0.3) is 0 Å². The number of allylic oxidation sites excluding steroid dienone is 1. The molecule has 0 aliphatic carbocycles. The van der Waals surface area contributed by atoms with Gasteiger partial charge in [0.2, 0.25) is 0 Å². The molecule has 0 rings (SSSR count). The highest BCUT2D eigenvalue weighted by Crippen LogP contribution is 1.95. The Hall–Kier alpha value is -0.950. The summed E-state index contributed by atoms with van der Waals surface area (Å²) in [5.74, 6) is -0.305. The third kappa shape index (κ3) is 12.1. The second-order valence-electron chi connectivity index (χ2n) is 3.94. The molecule has 6 heteroatoms. The molecular weight excluding hydrogens is 264 g/mol. The zero-order chi connectivity index (χ0) is 15.1. The second kappa shape index (κ2) is 14.5. The summed E-state index contributed by atoms with van der Waals surface area (Å²) in [6, 6.07) is 0. The fourth-order valence-corrected chi connectivity index (χ4v) is 1.11. The molecule has 0 aromatic carbocycles. The molecule has 20 heavy (non-hydrogen) atoms. The van der Waals surface area contributed by atoms with Crippen molar-refractivity contribution in [3.8, 4) is 0 Å². The lowest BCUT2D eigenvalue weighted by Gasteiger charge is -2.07. The number of esters is 1. The van der Waals surface area contributed by atoms with Crippen molar-refractivity contribution < 1.29 is 28.5 Å². The highest BCUT2D eigenvalue weighted by molar-refractivity contribution is 5.87. The molecule has 0 aromatic rings. The number of methoxy groups -OCH3 is 1. The maximum absolute atomic E-state index is 11.3. The summed E-state index contributed by atoms with van der Waals surface area (Å²) in [6.07, 6.45) is 1.71. The van der Waals surface area contributed by atoms with Gasteiger partial charge in [-0.05, 0) is 13.8 Å². The van der Waals surface area contributed by atoms with Gasteiger partial charge >= 0.3 is 5.97 Å². The second-order valence-corrected chi connectivity index (χ2v) is 3.94. The summed E-state index contributed by atoms with van der Waals surface area (Å²) in [4.78, 5) is 11.3. The largest absolute Gasteiger partial charge is 0.460 e. The lowest BCUT2D eigenvalue weighted by Crippen LogP contribution is -2.14. The van der Waals surface area contributed by atoms with Gasteiger partial charge in [0.15, 0.2) is 0 Å². The van der Waals surface area contributed by atoms with Gasteiger partial charge in [-0.3, -0.25) is 0 Å². The molecule has 0 atom stereocenters. The fraction of sp³-hybridized carbons (Fsp3) is 0.786. The Labute approximate surface area is 121 Å². The molecule has 0 heterocycles. The van der Waals surface area contributed by atoms with Gasteiger partial charge in [-0.25, -0.2) is 4.79 Å². The summed E-state index contributed by atoms with van der Waals surface area (Å²) in [5.41, 5.74) is 0.599. The van der Waals surface area contributed by atoms with Gasteiger partial charge in [0.1, 0.15) is 6.61 Å². The van der Waals surface area contributed by atoms with Gasteiger partial charge in [0.25, 0.3) is 0 Å². The van der Waals surface area contributed by atoms with Crippen LogP contribution >= 0.6 is 0 Å². The Balaban J connectivity index is 3.15. The van der Waals surface area contributed by atoms with Crippen molar-refractivity contribution in [1.29, 1.82) is 0 Å². The lowest BCUT2D eigenvalue weighted by atomic mass is 10.3. The van der Waals surface area contributed by atoms with Crippen molar-refractivity contribution in [2.75, 3.05) is 60.0 Å². The molecule has 0 aliphatic rings. The first-order valence-corrected chi connectivity index (χ1v) is 6.74. The highest BCUT2D eigenvalue weighted by atomic mass is 16.6. The summed E-state index contributed by atoms with van der Waals surface area (Å²) in [5, 5.41) is 0. The van der Waals surface area contributed by atoms with E-state index in [2.05, 4.69) is 0 Å². The number of carbonyl (C=O) groups excluding carboxylic acids is 1. The highest BCUT2D eigenvalue weighted by Gasteiger charge is 2.03. The minimum absolute atomic E-state index is 0.254. The van der Waals surface area contributed by atoms with Gasteiger partial charge in [0.05, 0.1) is 46.2 Å². The summed E-state index contributed by atoms with van der Waals surface area (Å²) < 4.78 is 25.6. The first kappa shape index (κ1) is 19.1. The SMILES string of the molecule is CC=C(C)C(=O)OCCOCCOCCOCCOC. The molecule has 0 aromatic heterocycles. The van der Waals surface area contributed by atoms with Crippen LogP contribution in [0.1, 0.15) is 13.8 Å². The predicted octanol–water partition coefficient (Wildman–Crippen LogP) is 1.19. The molecule has 0 bridgehead atoms. The average Bonchev–Trinajstić information content (AvgIpc) is 2.47. The molecule has 0 fully saturated rings. The maximum atomic E-state index is 11.3. The van der Waals surface area contributed by atoms with Crippen LogP contribution in [0.3, 0.4) is 0 Å². The molecule has 0 unspecified atom stereocenters. The van der Waals surface area contributed by atoms with Crippen molar-refractivity contribution in [3.63, 3.8) is 0 Å². The van der Waals surface area contributed by atoms with E-state index >= 15 is 0 Å². The van der Waals surface area contributed by atoms with Crippen molar-refractivity contribution in [2.24, 2.45) is 0 Å². The lowest BCUT2D eigenvalue weighted by molar-refractivity contribution is -0.140. The fourth-order valence-electron chi connectivity index (χ4n) is 1.11. The molecule has 0 amide bonds. The molecule has 0 saturated carbocycles. The number of rotatable bonds is 13. The minimum atomic E-state index is -0.305. The van der Waals surface area contributed by atoms with E-state index in [9.17, 15) is 4.79 Å². The van der Waals surface area contributed by atoms with Gasteiger partial charge in [-0.1, -0.05) is 6.08 Å². The predicted molar refractivity (Wildman–Crippen MR) is 74.7 cm³/mol. The van der Waals surface area contributed by atoms with E-state index in [1.807, 2.05) is 0 Å². The van der Waals surface area contributed by atoms with Crippen LogP contribution < -0.4 is 0 Å². The van der Waals surface area contributed by atoms with Crippen LogP contribution in [-0.4, -0.2) is 65.9 Å². The van der Waals surface area contributed by atoms with E-state index in [1.165, 1.54) is 0 Å². The van der Waals surface area contributed by atoms with E-state index in [0.29, 0.717) is 51.8 Å². The van der Waals surface area contributed by atoms with Crippen molar-refractivity contribution in [2.45, 2.75) is 13.8 Å². The summed E-state index contributed by atoms with van der Waals surface area (Å²) in [6.45, 7) is 7.34. The molecule has 0 spiro atoms. The van der Waals surface area contributed by atoms with E-state index in [1.54, 1.807) is 27.0 Å². The van der Waals surface area contributed by atoms with Crippen molar-refractivity contribution >= 4 is 5.97 Å². The molecule has 0 saturated heterocycles.